The van der Waals surface area contributed by atoms with Crippen LogP contribution in [-0.2, 0) is 4.74 Å². The molecule has 0 amide bonds. The van der Waals surface area contributed by atoms with Crippen LogP contribution in [0.25, 0.3) is 0 Å². The molecule has 2 aliphatic heterocycles. The highest BCUT2D eigenvalue weighted by molar-refractivity contribution is 4.92. The van der Waals surface area contributed by atoms with Gasteiger partial charge < -0.3 is 9.64 Å². The van der Waals surface area contributed by atoms with E-state index in [0.29, 0.717) is 0 Å². The molecule has 2 fully saturated rings. The van der Waals surface area contributed by atoms with Crippen LogP contribution >= 0.6 is 0 Å². The molecular formula is C12H23N2O. The molecule has 0 saturated carbocycles. The largest absolute Gasteiger partial charge is 0.378 e. The molecule has 3 nitrogen and oxygen atoms in total. The summed E-state index contributed by atoms with van der Waals surface area (Å²) in [6, 6.07) is 0. The maximum Gasteiger partial charge on any atom is 0.0714 e. The topological polar surface area (TPSA) is 26.6 Å². The maximum absolute atomic E-state index is 5.60. The Morgan fingerprint density at radius 3 is 2.67 bits per heavy atom. The minimum Gasteiger partial charge on any atom is -0.378 e. The third-order valence-electron chi connectivity index (χ3n) is 3.68. The monoisotopic (exact) mass is 211 g/mol. The third-order valence-corrected chi connectivity index (χ3v) is 3.68. The van der Waals surface area contributed by atoms with Crippen molar-refractivity contribution in [2.75, 3.05) is 39.4 Å². The van der Waals surface area contributed by atoms with Gasteiger partial charge in [0, 0.05) is 13.1 Å². The average Bonchev–Trinajstić information content (AvgIpc) is 2.32. The molecule has 0 N–H and O–H groups in total. The highest BCUT2D eigenvalue weighted by Crippen LogP contribution is 2.20. The summed E-state index contributed by atoms with van der Waals surface area (Å²) in [6.07, 6.45) is 5.24. The van der Waals surface area contributed by atoms with Gasteiger partial charge in [-0.1, -0.05) is 13.3 Å². The number of likely N-dealkylation sites (tertiary alicyclic amines) is 1. The van der Waals surface area contributed by atoms with Gasteiger partial charge in [-0.05, 0) is 32.4 Å². The Labute approximate surface area is 93.2 Å². The predicted octanol–water partition coefficient (Wildman–Crippen LogP) is 1.26. The van der Waals surface area contributed by atoms with Gasteiger partial charge in [0.2, 0.25) is 0 Å². The van der Waals surface area contributed by atoms with Crippen molar-refractivity contribution in [1.29, 1.82) is 0 Å². The molecule has 0 aliphatic carbocycles. The predicted molar refractivity (Wildman–Crippen MR) is 61.1 cm³/mol. The highest BCUT2D eigenvalue weighted by atomic mass is 16.5. The highest BCUT2D eigenvalue weighted by Gasteiger charge is 2.34. The van der Waals surface area contributed by atoms with Crippen molar-refractivity contribution in [3.05, 3.63) is 0 Å². The molecule has 87 valence electrons. The summed E-state index contributed by atoms with van der Waals surface area (Å²) < 4.78 is 5.60. The molecule has 0 bridgehead atoms. The van der Waals surface area contributed by atoms with E-state index in [-0.39, 0.29) is 5.54 Å². The number of ether oxygens (including phenoxy) is 1. The molecule has 2 heterocycles. The summed E-state index contributed by atoms with van der Waals surface area (Å²) in [5, 5.41) is 4.81. The quantitative estimate of drug-likeness (QED) is 0.702. The van der Waals surface area contributed by atoms with Crippen LogP contribution in [0.5, 0.6) is 0 Å². The Hall–Kier alpha value is -0.120. The molecule has 0 aromatic carbocycles. The van der Waals surface area contributed by atoms with E-state index in [1.807, 2.05) is 0 Å². The number of morpholine rings is 1. The Morgan fingerprint density at radius 2 is 2.07 bits per heavy atom. The smallest absolute Gasteiger partial charge is 0.0714 e. The second-order valence-corrected chi connectivity index (χ2v) is 4.85. The number of nitrogens with zero attached hydrogens (tertiary/aromatic N) is 2. The third kappa shape index (κ3) is 2.92. The molecule has 0 aromatic rings. The van der Waals surface area contributed by atoms with E-state index < -0.39 is 0 Å². The lowest BCUT2D eigenvalue weighted by Crippen LogP contribution is -2.56. The van der Waals surface area contributed by atoms with E-state index in [0.717, 1.165) is 32.7 Å². The van der Waals surface area contributed by atoms with Gasteiger partial charge in [0.15, 0.2) is 0 Å². The van der Waals surface area contributed by atoms with E-state index in [1.165, 1.54) is 32.4 Å². The first kappa shape index (κ1) is 11.4. The first-order chi connectivity index (χ1) is 7.35. The fraction of sp³-hybridized carbons (Fsp3) is 1.00. The van der Waals surface area contributed by atoms with Crippen LogP contribution in [0.3, 0.4) is 0 Å². The first-order valence-electron chi connectivity index (χ1n) is 6.33. The Morgan fingerprint density at radius 1 is 1.27 bits per heavy atom. The van der Waals surface area contributed by atoms with Gasteiger partial charge >= 0.3 is 0 Å². The second-order valence-electron chi connectivity index (χ2n) is 4.85. The molecule has 1 unspecified atom stereocenters. The minimum atomic E-state index is 0.107. The molecule has 1 radical (unpaired) electrons. The normalized spacial score (nSPS) is 34.2. The summed E-state index contributed by atoms with van der Waals surface area (Å²) in [6.45, 7) is 8.42. The maximum atomic E-state index is 5.60. The molecular weight excluding hydrogens is 188 g/mol. The summed E-state index contributed by atoms with van der Waals surface area (Å²) in [5.41, 5.74) is 0.107. The zero-order valence-electron chi connectivity index (χ0n) is 9.87. The summed E-state index contributed by atoms with van der Waals surface area (Å²) in [7, 11) is 0. The van der Waals surface area contributed by atoms with E-state index in [2.05, 4.69) is 11.8 Å². The molecule has 2 saturated heterocycles. The van der Waals surface area contributed by atoms with E-state index >= 15 is 0 Å². The van der Waals surface area contributed by atoms with Crippen molar-refractivity contribution >= 4 is 0 Å². The zero-order valence-corrected chi connectivity index (χ0v) is 9.87. The summed E-state index contributed by atoms with van der Waals surface area (Å²) in [5.74, 6) is 0. The van der Waals surface area contributed by atoms with Crippen LogP contribution in [0.2, 0.25) is 0 Å². The summed E-state index contributed by atoms with van der Waals surface area (Å²) in [4.78, 5) is 2.57. The first-order valence-corrected chi connectivity index (χ1v) is 6.33. The lowest BCUT2D eigenvalue weighted by Gasteiger charge is -2.40. The van der Waals surface area contributed by atoms with E-state index in [4.69, 9.17) is 10.1 Å². The lowest BCUT2D eigenvalue weighted by molar-refractivity contribution is 0.00148. The molecule has 2 aliphatic rings. The zero-order chi connectivity index (χ0) is 10.6. The standard InChI is InChI=1S/C12H23N2O/c1-2-12(11-15-9-6-13-12)10-14-7-4-3-5-8-14/h2-11H2,1H3. The fourth-order valence-corrected chi connectivity index (χ4v) is 2.61. The van der Waals surface area contributed by atoms with Crippen LogP contribution in [-0.4, -0.2) is 49.8 Å². The van der Waals surface area contributed by atoms with Gasteiger partial charge in [-0.25, -0.2) is 5.32 Å². The number of hydrogen-bond acceptors (Lipinski definition) is 2. The van der Waals surface area contributed by atoms with Gasteiger partial charge in [0.1, 0.15) is 0 Å². The van der Waals surface area contributed by atoms with Crippen molar-refractivity contribution in [2.45, 2.75) is 38.1 Å². The molecule has 1 atom stereocenters. The van der Waals surface area contributed by atoms with Crippen molar-refractivity contribution < 1.29 is 4.74 Å². The Kier molecular flexibility index (Phi) is 4.00. The van der Waals surface area contributed by atoms with Gasteiger partial charge in [-0.15, -0.1) is 0 Å². The SMILES string of the molecule is CCC1(CN2CCCCC2)COCC[N]1. The Balaban J connectivity index is 1.87. The Bertz CT molecular complexity index is 184. The lowest BCUT2D eigenvalue weighted by atomic mass is 9.94. The minimum absolute atomic E-state index is 0.107. The van der Waals surface area contributed by atoms with Gasteiger partial charge in [-0.3, -0.25) is 0 Å². The molecule has 0 spiro atoms. The number of piperidine rings is 1. The van der Waals surface area contributed by atoms with Crippen LogP contribution < -0.4 is 5.32 Å². The summed E-state index contributed by atoms with van der Waals surface area (Å²) >= 11 is 0. The van der Waals surface area contributed by atoms with E-state index in [9.17, 15) is 0 Å². The van der Waals surface area contributed by atoms with Crippen LogP contribution in [0.15, 0.2) is 0 Å². The van der Waals surface area contributed by atoms with Crippen LogP contribution in [0, 0.1) is 0 Å². The van der Waals surface area contributed by atoms with Gasteiger partial charge in [0.25, 0.3) is 0 Å². The fourth-order valence-electron chi connectivity index (χ4n) is 2.61. The van der Waals surface area contributed by atoms with Crippen molar-refractivity contribution in [1.82, 2.24) is 10.2 Å². The van der Waals surface area contributed by atoms with Crippen LogP contribution in [0.4, 0.5) is 0 Å². The van der Waals surface area contributed by atoms with Crippen molar-refractivity contribution in [2.24, 2.45) is 0 Å². The van der Waals surface area contributed by atoms with Gasteiger partial charge in [0.05, 0.1) is 18.8 Å². The van der Waals surface area contributed by atoms with Crippen LogP contribution in [0.1, 0.15) is 32.6 Å². The number of hydrogen-bond donors (Lipinski definition) is 0. The molecule has 2 rings (SSSR count). The van der Waals surface area contributed by atoms with Crippen molar-refractivity contribution in [3.63, 3.8) is 0 Å². The van der Waals surface area contributed by atoms with Crippen molar-refractivity contribution in [3.8, 4) is 0 Å². The molecule has 15 heavy (non-hydrogen) atoms. The molecule has 3 heteroatoms. The average molecular weight is 211 g/mol. The van der Waals surface area contributed by atoms with E-state index in [1.54, 1.807) is 0 Å². The van der Waals surface area contributed by atoms with Gasteiger partial charge in [-0.2, -0.15) is 0 Å². The number of rotatable bonds is 3. The second kappa shape index (κ2) is 5.28. The molecule has 0 aromatic heterocycles.